The van der Waals surface area contributed by atoms with Gasteiger partial charge in [-0.3, -0.25) is 4.79 Å². The molecule has 5 heteroatoms. The Balaban J connectivity index is 1.62. The number of aliphatic hydroxyl groups is 1. The topological polar surface area (TPSA) is 43.8 Å². The van der Waals surface area contributed by atoms with Crippen molar-refractivity contribution in [3.63, 3.8) is 0 Å². The van der Waals surface area contributed by atoms with Crippen molar-refractivity contribution in [2.45, 2.75) is 19.4 Å². The lowest BCUT2D eigenvalue weighted by Crippen LogP contribution is -2.49. The largest absolute Gasteiger partial charge is 0.378 e. The van der Waals surface area contributed by atoms with Crippen LogP contribution in [0.5, 0.6) is 0 Å². The van der Waals surface area contributed by atoms with Crippen LogP contribution in [0.25, 0.3) is 0 Å². The molecule has 0 bridgehead atoms. The van der Waals surface area contributed by atoms with Crippen LogP contribution in [-0.4, -0.2) is 47.7 Å². The summed E-state index contributed by atoms with van der Waals surface area (Å²) < 4.78 is 13.9. The molecule has 0 radical (unpaired) electrons. The molecule has 1 heterocycles. The Labute approximate surface area is 159 Å². The van der Waals surface area contributed by atoms with Crippen molar-refractivity contribution < 1.29 is 14.3 Å². The first-order valence-electron chi connectivity index (χ1n) is 8.98. The van der Waals surface area contributed by atoms with E-state index in [4.69, 9.17) is 0 Å². The molecule has 2 aromatic rings. The van der Waals surface area contributed by atoms with Crippen molar-refractivity contribution in [2.24, 2.45) is 0 Å². The van der Waals surface area contributed by atoms with E-state index in [1.165, 1.54) is 6.07 Å². The number of carbonyl (C=O) groups excluding carboxylic acids is 1. The maximum atomic E-state index is 13.9. The van der Waals surface area contributed by atoms with Crippen LogP contribution in [0.3, 0.4) is 0 Å². The van der Waals surface area contributed by atoms with Crippen LogP contribution in [0.1, 0.15) is 29.8 Å². The van der Waals surface area contributed by atoms with Crippen molar-refractivity contribution in [3.8, 4) is 11.8 Å². The summed E-state index contributed by atoms with van der Waals surface area (Å²) in [5.74, 6) is 5.37. The maximum absolute atomic E-state index is 13.9. The van der Waals surface area contributed by atoms with Crippen molar-refractivity contribution in [1.29, 1.82) is 0 Å². The molecule has 1 amide bonds. The van der Waals surface area contributed by atoms with Crippen molar-refractivity contribution in [3.05, 3.63) is 65.5 Å². The van der Waals surface area contributed by atoms with Gasteiger partial charge in [-0.15, -0.1) is 0 Å². The Morgan fingerprint density at radius 3 is 2.26 bits per heavy atom. The number of hydrogen-bond donors (Lipinski definition) is 1. The molecule has 0 saturated carbocycles. The van der Waals surface area contributed by atoms with Gasteiger partial charge >= 0.3 is 0 Å². The molecule has 3 rings (SSSR count). The number of amides is 1. The number of nitrogens with zero attached hydrogens (tertiary/aromatic N) is 2. The van der Waals surface area contributed by atoms with E-state index >= 15 is 0 Å². The van der Waals surface area contributed by atoms with Gasteiger partial charge in [0.05, 0.1) is 5.69 Å². The number of anilines is 1. The second-order valence-electron chi connectivity index (χ2n) is 7.12. The lowest BCUT2D eigenvalue weighted by Gasteiger charge is -2.36. The maximum Gasteiger partial charge on any atom is 0.253 e. The number of rotatable bonds is 2. The van der Waals surface area contributed by atoms with E-state index in [2.05, 4.69) is 11.8 Å². The van der Waals surface area contributed by atoms with Crippen LogP contribution >= 0.6 is 0 Å². The standard InChI is InChI=1S/C22H23FN2O2/c1-22(2,27)12-11-17-7-9-18(10-8-17)21(26)25-15-13-24(14-16-25)20-6-4-3-5-19(20)23/h3-10,27H,13-16H2,1-2H3. The summed E-state index contributed by atoms with van der Waals surface area (Å²) >= 11 is 0. The first kappa shape index (κ1) is 18.9. The Morgan fingerprint density at radius 1 is 1.04 bits per heavy atom. The molecule has 1 saturated heterocycles. The molecule has 2 aromatic carbocycles. The van der Waals surface area contributed by atoms with Crippen molar-refractivity contribution in [1.82, 2.24) is 4.90 Å². The molecular weight excluding hydrogens is 343 g/mol. The predicted octanol–water partition coefficient (Wildman–Crippen LogP) is 2.91. The number of hydrogen-bond acceptors (Lipinski definition) is 3. The van der Waals surface area contributed by atoms with Gasteiger partial charge in [0, 0.05) is 37.3 Å². The highest BCUT2D eigenvalue weighted by atomic mass is 19.1. The average Bonchev–Trinajstić information content (AvgIpc) is 2.66. The minimum atomic E-state index is -1.05. The fourth-order valence-corrected chi connectivity index (χ4v) is 2.96. The van der Waals surface area contributed by atoms with Gasteiger partial charge in [-0.25, -0.2) is 4.39 Å². The Bertz CT molecular complexity index is 868. The second kappa shape index (κ2) is 7.81. The number of benzene rings is 2. The van der Waals surface area contributed by atoms with E-state index in [-0.39, 0.29) is 11.7 Å². The summed E-state index contributed by atoms with van der Waals surface area (Å²) in [6.07, 6.45) is 0. The summed E-state index contributed by atoms with van der Waals surface area (Å²) in [4.78, 5) is 16.4. The summed E-state index contributed by atoms with van der Waals surface area (Å²) in [6, 6.07) is 13.8. The van der Waals surface area contributed by atoms with Gasteiger partial charge in [-0.2, -0.15) is 0 Å². The zero-order valence-electron chi connectivity index (χ0n) is 15.6. The zero-order valence-corrected chi connectivity index (χ0v) is 15.6. The summed E-state index contributed by atoms with van der Waals surface area (Å²) in [5, 5.41) is 9.65. The molecule has 0 atom stereocenters. The summed E-state index contributed by atoms with van der Waals surface area (Å²) in [6.45, 7) is 5.54. The molecule has 27 heavy (non-hydrogen) atoms. The molecule has 4 nitrogen and oxygen atoms in total. The quantitative estimate of drug-likeness (QED) is 0.831. The normalized spacial score (nSPS) is 14.5. The number of para-hydroxylation sites is 1. The van der Waals surface area contributed by atoms with Crippen LogP contribution in [-0.2, 0) is 0 Å². The number of piperazine rings is 1. The summed E-state index contributed by atoms with van der Waals surface area (Å²) in [5.41, 5.74) is 0.882. The third kappa shape index (κ3) is 4.87. The molecule has 0 aliphatic carbocycles. The fraction of sp³-hybridized carbons (Fsp3) is 0.318. The van der Waals surface area contributed by atoms with Crippen LogP contribution in [0.2, 0.25) is 0 Å². The molecule has 0 aromatic heterocycles. The fourth-order valence-electron chi connectivity index (χ4n) is 2.96. The van der Waals surface area contributed by atoms with Gasteiger partial charge in [-0.05, 0) is 50.2 Å². The SMILES string of the molecule is CC(C)(O)C#Cc1ccc(C(=O)N2CCN(c3ccccc3F)CC2)cc1. The monoisotopic (exact) mass is 366 g/mol. The van der Waals surface area contributed by atoms with Gasteiger partial charge in [0.1, 0.15) is 11.4 Å². The smallest absolute Gasteiger partial charge is 0.253 e. The van der Waals surface area contributed by atoms with E-state index in [1.54, 1.807) is 55.1 Å². The van der Waals surface area contributed by atoms with Crippen LogP contribution < -0.4 is 4.90 Å². The Morgan fingerprint density at radius 2 is 1.67 bits per heavy atom. The number of carbonyl (C=O) groups is 1. The average molecular weight is 366 g/mol. The van der Waals surface area contributed by atoms with E-state index in [0.29, 0.717) is 37.4 Å². The number of halogens is 1. The van der Waals surface area contributed by atoms with Crippen molar-refractivity contribution >= 4 is 11.6 Å². The minimum absolute atomic E-state index is 0.0369. The molecule has 0 unspecified atom stereocenters. The van der Waals surface area contributed by atoms with Crippen LogP contribution in [0.4, 0.5) is 10.1 Å². The highest BCUT2D eigenvalue weighted by molar-refractivity contribution is 5.94. The lowest BCUT2D eigenvalue weighted by atomic mass is 10.1. The first-order chi connectivity index (χ1) is 12.8. The van der Waals surface area contributed by atoms with E-state index in [1.807, 2.05) is 11.0 Å². The van der Waals surface area contributed by atoms with E-state index < -0.39 is 5.60 Å². The van der Waals surface area contributed by atoms with Gasteiger partial charge < -0.3 is 14.9 Å². The zero-order chi connectivity index (χ0) is 19.4. The minimum Gasteiger partial charge on any atom is -0.378 e. The lowest BCUT2D eigenvalue weighted by molar-refractivity contribution is 0.0746. The van der Waals surface area contributed by atoms with Gasteiger partial charge in [0.2, 0.25) is 0 Å². The third-order valence-electron chi connectivity index (χ3n) is 4.40. The first-order valence-corrected chi connectivity index (χ1v) is 8.98. The van der Waals surface area contributed by atoms with Gasteiger partial charge in [0.15, 0.2) is 0 Å². The second-order valence-corrected chi connectivity index (χ2v) is 7.12. The van der Waals surface area contributed by atoms with Gasteiger partial charge in [0.25, 0.3) is 5.91 Å². The Kier molecular flexibility index (Phi) is 5.48. The van der Waals surface area contributed by atoms with Gasteiger partial charge in [-0.1, -0.05) is 24.0 Å². The van der Waals surface area contributed by atoms with E-state index in [9.17, 15) is 14.3 Å². The highest BCUT2D eigenvalue weighted by Gasteiger charge is 2.23. The van der Waals surface area contributed by atoms with Crippen LogP contribution in [0.15, 0.2) is 48.5 Å². The third-order valence-corrected chi connectivity index (χ3v) is 4.40. The highest BCUT2D eigenvalue weighted by Crippen LogP contribution is 2.20. The summed E-state index contributed by atoms with van der Waals surface area (Å²) in [7, 11) is 0. The molecule has 1 fully saturated rings. The molecule has 0 spiro atoms. The van der Waals surface area contributed by atoms with Crippen LogP contribution in [0, 0.1) is 17.7 Å². The molecule has 1 aliphatic heterocycles. The molecule has 1 aliphatic rings. The molecular formula is C22H23FN2O2. The van der Waals surface area contributed by atoms with Crippen molar-refractivity contribution in [2.75, 3.05) is 31.1 Å². The molecule has 1 N–H and O–H groups in total. The van der Waals surface area contributed by atoms with E-state index in [0.717, 1.165) is 5.56 Å². The molecule has 140 valence electrons. The predicted molar refractivity (Wildman–Crippen MR) is 104 cm³/mol. The Hall–Kier alpha value is -2.84.